The molecule has 0 bridgehead atoms. The second kappa shape index (κ2) is 6.17. The fraction of sp³-hybridized carbons (Fsp3) is 0.667. The van der Waals surface area contributed by atoms with Crippen molar-refractivity contribution in [3.8, 4) is 0 Å². The highest BCUT2D eigenvalue weighted by Gasteiger charge is 2.34. The van der Waals surface area contributed by atoms with E-state index in [1.807, 2.05) is 0 Å². The van der Waals surface area contributed by atoms with Crippen LogP contribution in [0.2, 0.25) is 0 Å². The SMILES string of the molecule is CCCNC(CN1c2ccccc2CCC1C)C1CC1. The van der Waals surface area contributed by atoms with Crippen LogP contribution in [0.25, 0.3) is 0 Å². The predicted octanol–water partition coefficient (Wildman–Crippen LogP) is 3.61. The van der Waals surface area contributed by atoms with Crippen molar-refractivity contribution >= 4 is 5.69 Å². The van der Waals surface area contributed by atoms with Crippen molar-refractivity contribution in [1.82, 2.24) is 5.32 Å². The Morgan fingerprint density at radius 2 is 2.05 bits per heavy atom. The van der Waals surface area contributed by atoms with Gasteiger partial charge in [0.05, 0.1) is 0 Å². The van der Waals surface area contributed by atoms with Crippen molar-refractivity contribution in [3.05, 3.63) is 29.8 Å². The molecule has 0 radical (unpaired) electrons. The molecule has 1 saturated carbocycles. The summed E-state index contributed by atoms with van der Waals surface area (Å²) >= 11 is 0. The smallest absolute Gasteiger partial charge is 0.0401 e. The van der Waals surface area contributed by atoms with Gasteiger partial charge in [0, 0.05) is 24.3 Å². The molecule has 0 saturated heterocycles. The van der Waals surface area contributed by atoms with Gasteiger partial charge in [-0.1, -0.05) is 25.1 Å². The summed E-state index contributed by atoms with van der Waals surface area (Å²) in [5.74, 6) is 0.919. The van der Waals surface area contributed by atoms with Gasteiger partial charge in [0.25, 0.3) is 0 Å². The summed E-state index contributed by atoms with van der Waals surface area (Å²) in [5, 5.41) is 3.79. The molecule has 1 aromatic rings. The number of aryl methyl sites for hydroxylation is 1. The Kier molecular flexibility index (Phi) is 4.30. The highest BCUT2D eigenvalue weighted by molar-refractivity contribution is 5.56. The lowest BCUT2D eigenvalue weighted by atomic mass is 9.95. The van der Waals surface area contributed by atoms with Gasteiger partial charge in [0.2, 0.25) is 0 Å². The van der Waals surface area contributed by atoms with E-state index in [0.717, 1.165) is 12.5 Å². The summed E-state index contributed by atoms with van der Waals surface area (Å²) in [7, 11) is 0. The Hall–Kier alpha value is -1.02. The van der Waals surface area contributed by atoms with Crippen molar-refractivity contribution in [1.29, 1.82) is 0 Å². The average Bonchev–Trinajstić information content (AvgIpc) is 3.30. The normalized spacial score (nSPS) is 23.5. The van der Waals surface area contributed by atoms with Gasteiger partial charge in [0.1, 0.15) is 0 Å². The lowest BCUT2D eigenvalue weighted by Crippen LogP contribution is -2.48. The zero-order chi connectivity index (χ0) is 13.9. The zero-order valence-corrected chi connectivity index (χ0v) is 12.9. The van der Waals surface area contributed by atoms with E-state index in [1.54, 1.807) is 0 Å². The van der Waals surface area contributed by atoms with E-state index in [2.05, 4.69) is 48.3 Å². The zero-order valence-electron chi connectivity index (χ0n) is 12.9. The quantitative estimate of drug-likeness (QED) is 0.851. The van der Waals surface area contributed by atoms with Crippen LogP contribution >= 0.6 is 0 Å². The molecule has 2 aliphatic rings. The molecule has 2 unspecified atom stereocenters. The molecule has 1 heterocycles. The fourth-order valence-electron chi connectivity index (χ4n) is 3.46. The minimum absolute atomic E-state index is 0.676. The summed E-state index contributed by atoms with van der Waals surface area (Å²) in [6, 6.07) is 10.4. The van der Waals surface area contributed by atoms with Crippen molar-refractivity contribution < 1.29 is 0 Å². The maximum atomic E-state index is 3.79. The maximum absolute atomic E-state index is 3.79. The highest BCUT2D eigenvalue weighted by Crippen LogP contribution is 2.36. The van der Waals surface area contributed by atoms with Crippen LogP contribution in [0.3, 0.4) is 0 Å². The number of benzene rings is 1. The number of nitrogens with zero attached hydrogens (tertiary/aromatic N) is 1. The molecule has 1 aliphatic carbocycles. The van der Waals surface area contributed by atoms with E-state index in [0.29, 0.717) is 12.1 Å². The van der Waals surface area contributed by atoms with Gasteiger partial charge < -0.3 is 10.2 Å². The summed E-state index contributed by atoms with van der Waals surface area (Å²) in [6.07, 6.45) is 6.61. The third-order valence-electron chi connectivity index (χ3n) is 4.91. The van der Waals surface area contributed by atoms with Crippen LogP contribution in [0, 0.1) is 5.92 Å². The second-order valence-corrected chi connectivity index (χ2v) is 6.57. The Labute approximate surface area is 123 Å². The van der Waals surface area contributed by atoms with Gasteiger partial charge in [0.15, 0.2) is 0 Å². The molecule has 0 amide bonds. The van der Waals surface area contributed by atoms with E-state index in [9.17, 15) is 0 Å². The molecule has 1 aromatic carbocycles. The highest BCUT2D eigenvalue weighted by atomic mass is 15.2. The minimum atomic E-state index is 0.676. The molecule has 2 atom stereocenters. The maximum Gasteiger partial charge on any atom is 0.0401 e. The van der Waals surface area contributed by atoms with Crippen LogP contribution in [0.15, 0.2) is 24.3 Å². The number of nitrogens with one attached hydrogen (secondary N) is 1. The number of fused-ring (bicyclic) bond motifs is 1. The molecule has 3 rings (SSSR count). The molecule has 2 heteroatoms. The van der Waals surface area contributed by atoms with Crippen LogP contribution in [0.4, 0.5) is 5.69 Å². The lowest BCUT2D eigenvalue weighted by Gasteiger charge is -2.39. The molecular weight excluding hydrogens is 244 g/mol. The predicted molar refractivity (Wildman–Crippen MR) is 86.4 cm³/mol. The molecule has 20 heavy (non-hydrogen) atoms. The summed E-state index contributed by atoms with van der Waals surface area (Å²) in [5.41, 5.74) is 3.02. The van der Waals surface area contributed by atoms with Gasteiger partial charge in [-0.15, -0.1) is 0 Å². The number of rotatable bonds is 6. The molecule has 2 nitrogen and oxygen atoms in total. The Morgan fingerprint density at radius 1 is 1.25 bits per heavy atom. The first-order chi connectivity index (χ1) is 9.79. The van der Waals surface area contributed by atoms with Crippen LogP contribution in [-0.2, 0) is 6.42 Å². The molecule has 110 valence electrons. The second-order valence-electron chi connectivity index (χ2n) is 6.57. The molecule has 1 N–H and O–H groups in total. The van der Waals surface area contributed by atoms with Gasteiger partial charge in [-0.05, 0) is 63.1 Å². The Morgan fingerprint density at radius 3 is 2.80 bits per heavy atom. The number of para-hydroxylation sites is 1. The van der Waals surface area contributed by atoms with Gasteiger partial charge in [-0.2, -0.15) is 0 Å². The first kappa shape index (κ1) is 13.9. The summed E-state index contributed by atoms with van der Waals surface area (Å²) in [6.45, 7) is 6.99. The van der Waals surface area contributed by atoms with Crippen LogP contribution < -0.4 is 10.2 Å². The Bertz CT molecular complexity index is 439. The molecule has 1 aliphatic heterocycles. The molecule has 0 aromatic heterocycles. The van der Waals surface area contributed by atoms with E-state index >= 15 is 0 Å². The first-order valence-electron chi connectivity index (χ1n) is 8.37. The lowest BCUT2D eigenvalue weighted by molar-refractivity contribution is 0.430. The minimum Gasteiger partial charge on any atom is -0.367 e. The summed E-state index contributed by atoms with van der Waals surface area (Å²) in [4.78, 5) is 2.66. The van der Waals surface area contributed by atoms with Crippen LogP contribution in [0.5, 0.6) is 0 Å². The van der Waals surface area contributed by atoms with Gasteiger partial charge in [-0.3, -0.25) is 0 Å². The van der Waals surface area contributed by atoms with Crippen LogP contribution in [0.1, 0.15) is 45.1 Å². The van der Waals surface area contributed by atoms with Crippen molar-refractivity contribution in [2.24, 2.45) is 5.92 Å². The van der Waals surface area contributed by atoms with E-state index < -0.39 is 0 Å². The van der Waals surface area contributed by atoms with E-state index in [4.69, 9.17) is 0 Å². The van der Waals surface area contributed by atoms with E-state index in [1.165, 1.54) is 49.9 Å². The number of anilines is 1. The first-order valence-corrected chi connectivity index (χ1v) is 8.37. The van der Waals surface area contributed by atoms with Gasteiger partial charge in [-0.25, -0.2) is 0 Å². The summed E-state index contributed by atoms with van der Waals surface area (Å²) < 4.78 is 0. The fourth-order valence-corrected chi connectivity index (χ4v) is 3.46. The number of hydrogen-bond donors (Lipinski definition) is 1. The largest absolute Gasteiger partial charge is 0.367 e. The van der Waals surface area contributed by atoms with Crippen molar-refractivity contribution in [3.63, 3.8) is 0 Å². The number of hydrogen-bond acceptors (Lipinski definition) is 2. The molecule has 0 spiro atoms. The third-order valence-corrected chi connectivity index (χ3v) is 4.91. The van der Waals surface area contributed by atoms with Crippen molar-refractivity contribution in [2.45, 2.75) is 58.0 Å². The van der Waals surface area contributed by atoms with Gasteiger partial charge >= 0.3 is 0 Å². The average molecular weight is 272 g/mol. The van der Waals surface area contributed by atoms with Crippen molar-refractivity contribution in [2.75, 3.05) is 18.0 Å². The van der Waals surface area contributed by atoms with E-state index in [-0.39, 0.29) is 0 Å². The molecule has 1 fully saturated rings. The third kappa shape index (κ3) is 3.01. The Balaban J connectivity index is 1.74. The van der Waals surface area contributed by atoms with Crippen LogP contribution in [-0.4, -0.2) is 25.2 Å². The monoisotopic (exact) mass is 272 g/mol. The molecular formula is C18H28N2. The standard InChI is InChI=1S/C18H28N2/c1-3-12-19-17(15-10-11-15)13-20-14(2)8-9-16-6-4-5-7-18(16)20/h4-7,14-15,17,19H,3,8-13H2,1-2H3. The topological polar surface area (TPSA) is 15.3 Å².